The van der Waals surface area contributed by atoms with Crippen molar-refractivity contribution in [2.24, 2.45) is 4.99 Å². The van der Waals surface area contributed by atoms with Crippen LogP contribution < -0.4 is 0 Å². The largest absolute Gasteiger partial charge is 0.360 e. The monoisotopic (exact) mass is 392 g/mol. The van der Waals surface area contributed by atoms with Gasteiger partial charge in [0.15, 0.2) is 5.58 Å². The standard InChI is InChI=1S/C22H41N4P/c1-16(2)25(17(3)4)27(26(18(5)6)19(7)8)22(24(10)11)23-21-14-12-20(9)13-15-21/h12-19H,1-11H3. The highest BCUT2D eigenvalue weighted by molar-refractivity contribution is 7.70. The van der Waals surface area contributed by atoms with Crippen molar-refractivity contribution in [3.63, 3.8) is 0 Å². The minimum atomic E-state index is -0.737. The number of benzene rings is 1. The van der Waals surface area contributed by atoms with Crippen LogP contribution in [0.25, 0.3) is 0 Å². The van der Waals surface area contributed by atoms with Crippen LogP contribution >= 0.6 is 8.22 Å². The van der Waals surface area contributed by atoms with E-state index in [2.05, 4.69) is 115 Å². The van der Waals surface area contributed by atoms with Gasteiger partial charge in [0.25, 0.3) is 0 Å². The Kier molecular flexibility index (Phi) is 9.41. The minimum absolute atomic E-state index is 0.444. The first-order chi connectivity index (χ1) is 12.5. The molecular formula is C22H41N4P. The Bertz CT molecular complexity index is 555. The van der Waals surface area contributed by atoms with E-state index in [9.17, 15) is 0 Å². The van der Waals surface area contributed by atoms with E-state index in [1.54, 1.807) is 0 Å². The summed E-state index contributed by atoms with van der Waals surface area (Å²) >= 11 is 0. The highest BCUT2D eigenvalue weighted by atomic mass is 31.1. The number of hydrogen-bond donors (Lipinski definition) is 0. The molecule has 0 aliphatic rings. The number of nitrogens with zero attached hydrogens (tertiary/aromatic N) is 4. The summed E-state index contributed by atoms with van der Waals surface area (Å²) in [5.41, 5.74) is 3.44. The summed E-state index contributed by atoms with van der Waals surface area (Å²) in [7, 11) is 3.51. The lowest BCUT2D eigenvalue weighted by Gasteiger charge is -2.48. The minimum Gasteiger partial charge on any atom is -0.360 e. The molecule has 0 heterocycles. The molecule has 0 aliphatic carbocycles. The molecule has 1 rings (SSSR count). The van der Waals surface area contributed by atoms with E-state index in [1.165, 1.54) is 5.56 Å². The Balaban J connectivity index is 3.61. The molecule has 0 N–H and O–H groups in total. The average molecular weight is 393 g/mol. The summed E-state index contributed by atoms with van der Waals surface area (Å²) in [4.78, 5) is 7.37. The van der Waals surface area contributed by atoms with Crippen molar-refractivity contribution in [1.82, 2.24) is 14.2 Å². The first-order valence-corrected chi connectivity index (χ1v) is 11.4. The Hall–Kier alpha value is -0.960. The Morgan fingerprint density at radius 1 is 0.741 bits per heavy atom. The summed E-state index contributed by atoms with van der Waals surface area (Å²) in [6.07, 6.45) is 0. The molecule has 0 aromatic heterocycles. The molecule has 0 amide bonds. The molecule has 4 nitrogen and oxygen atoms in total. The van der Waals surface area contributed by atoms with Crippen molar-refractivity contribution in [3.05, 3.63) is 29.8 Å². The van der Waals surface area contributed by atoms with Crippen molar-refractivity contribution >= 4 is 19.5 Å². The normalized spacial score (nSPS) is 13.3. The van der Waals surface area contributed by atoms with E-state index < -0.39 is 8.22 Å². The van der Waals surface area contributed by atoms with Crippen molar-refractivity contribution in [1.29, 1.82) is 0 Å². The van der Waals surface area contributed by atoms with Crippen LogP contribution in [0.15, 0.2) is 29.3 Å². The SMILES string of the molecule is Cc1ccc(N=C(N(C)C)P(N(C(C)C)C(C)C)N(C(C)C)C(C)C)cc1. The first-order valence-electron chi connectivity index (χ1n) is 10.2. The van der Waals surface area contributed by atoms with Gasteiger partial charge in [-0.15, -0.1) is 0 Å². The molecular weight excluding hydrogens is 351 g/mol. The summed E-state index contributed by atoms with van der Waals surface area (Å²) in [5, 5.41) is 0. The fourth-order valence-corrected chi connectivity index (χ4v) is 6.42. The van der Waals surface area contributed by atoms with Crippen molar-refractivity contribution in [2.75, 3.05) is 14.1 Å². The molecule has 0 saturated carbocycles. The second kappa shape index (κ2) is 10.5. The van der Waals surface area contributed by atoms with Crippen LogP contribution in [0.3, 0.4) is 0 Å². The van der Waals surface area contributed by atoms with E-state index in [0.29, 0.717) is 24.2 Å². The molecule has 27 heavy (non-hydrogen) atoms. The van der Waals surface area contributed by atoms with Crippen LogP contribution in [0.2, 0.25) is 0 Å². The van der Waals surface area contributed by atoms with E-state index in [1.807, 2.05) is 0 Å². The van der Waals surface area contributed by atoms with Gasteiger partial charge >= 0.3 is 0 Å². The third-order valence-electron chi connectivity index (χ3n) is 4.40. The maximum atomic E-state index is 5.16. The number of hydrogen-bond acceptors (Lipinski definition) is 3. The van der Waals surface area contributed by atoms with Gasteiger partial charge < -0.3 is 4.90 Å². The molecule has 0 saturated heterocycles. The van der Waals surface area contributed by atoms with Gasteiger partial charge in [0.1, 0.15) is 8.22 Å². The molecule has 0 radical (unpaired) electrons. The zero-order chi connectivity index (χ0) is 20.9. The number of rotatable bonds is 8. The lowest BCUT2D eigenvalue weighted by Crippen LogP contribution is -2.46. The molecule has 0 unspecified atom stereocenters. The quantitative estimate of drug-likeness (QED) is 0.303. The van der Waals surface area contributed by atoms with E-state index in [0.717, 1.165) is 11.3 Å². The van der Waals surface area contributed by atoms with E-state index in [4.69, 9.17) is 4.99 Å². The van der Waals surface area contributed by atoms with Crippen LogP contribution in [0, 0.1) is 6.92 Å². The van der Waals surface area contributed by atoms with Crippen LogP contribution in [-0.4, -0.2) is 58.1 Å². The maximum Gasteiger partial charge on any atom is 0.158 e. The second-order valence-corrected chi connectivity index (χ2v) is 10.5. The third-order valence-corrected chi connectivity index (χ3v) is 7.98. The zero-order valence-corrected chi connectivity index (χ0v) is 20.2. The van der Waals surface area contributed by atoms with Crippen molar-refractivity contribution < 1.29 is 0 Å². The molecule has 5 heteroatoms. The van der Waals surface area contributed by atoms with Crippen molar-refractivity contribution in [3.8, 4) is 0 Å². The number of amidine groups is 1. The summed E-state index contributed by atoms with van der Waals surface area (Å²) < 4.78 is 5.28. The summed E-state index contributed by atoms with van der Waals surface area (Å²) in [6.45, 7) is 20.5. The fraction of sp³-hybridized carbons (Fsp3) is 0.682. The Morgan fingerprint density at radius 2 is 1.11 bits per heavy atom. The highest BCUT2D eigenvalue weighted by Gasteiger charge is 2.37. The predicted molar refractivity (Wildman–Crippen MR) is 123 cm³/mol. The van der Waals surface area contributed by atoms with Crippen LogP contribution in [0.4, 0.5) is 5.69 Å². The van der Waals surface area contributed by atoms with E-state index in [-0.39, 0.29) is 0 Å². The van der Waals surface area contributed by atoms with E-state index >= 15 is 0 Å². The summed E-state index contributed by atoms with van der Waals surface area (Å²) in [5.74, 6) is 0. The topological polar surface area (TPSA) is 22.1 Å². The van der Waals surface area contributed by atoms with Gasteiger partial charge in [-0.3, -0.25) is 9.34 Å². The van der Waals surface area contributed by atoms with Gasteiger partial charge in [0, 0.05) is 38.3 Å². The van der Waals surface area contributed by atoms with Gasteiger partial charge in [0.05, 0.1) is 5.69 Å². The van der Waals surface area contributed by atoms with Gasteiger partial charge in [0.2, 0.25) is 0 Å². The highest BCUT2D eigenvalue weighted by Crippen LogP contribution is 2.52. The Morgan fingerprint density at radius 3 is 1.41 bits per heavy atom. The first kappa shape index (κ1) is 24.1. The number of aryl methyl sites for hydroxylation is 1. The molecule has 0 fully saturated rings. The van der Waals surface area contributed by atoms with Gasteiger partial charge in [-0.25, -0.2) is 4.99 Å². The fourth-order valence-electron chi connectivity index (χ4n) is 3.45. The molecule has 1 aromatic carbocycles. The second-order valence-electron chi connectivity index (χ2n) is 8.57. The van der Waals surface area contributed by atoms with Crippen LogP contribution in [-0.2, 0) is 0 Å². The van der Waals surface area contributed by atoms with Gasteiger partial charge in [-0.1, -0.05) is 17.7 Å². The average Bonchev–Trinajstić information content (AvgIpc) is 2.52. The zero-order valence-electron chi connectivity index (χ0n) is 19.4. The molecule has 0 spiro atoms. The van der Waals surface area contributed by atoms with Crippen LogP contribution in [0.1, 0.15) is 61.0 Å². The van der Waals surface area contributed by atoms with Gasteiger partial charge in [-0.05, 0) is 74.4 Å². The molecule has 0 aliphatic heterocycles. The lowest BCUT2D eigenvalue weighted by atomic mass is 10.2. The third kappa shape index (κ3) is 6.55. The molecule has 1 aromatic rings. The van der Waals surface area contributed by atoms with Gasteiger partial charge in [-0.2, -0.15) is 0 Å². The lowest BCUT2D eigenvalue weighted by molar-refractivity contribution is 0.260. The van der Waals surface area contributed by atoms with Crippen LogP contribution in [0.5, 0.6) is 0 Å². The summed E-state index contributed by atoms with van der Waals surface area (Å²) in [6, 6.07) is 10.3. The molecule has 0 atom stereocenters. The maximum absolute atomic E-state index is 5.16. The molecule has 154 valence electrons. The Labute approximate surface area is 169 Å². The molecule has 0 bridgehead atoms. The predicted octanol–water partition coefficient (Wildman–Crippen LogP) is 6.09. The number of aliphatic imine (C=N–C) groups is 1. The van der Waals surface area contributed by atoms with Crippen molar-refractivity contribution in [2.45, 2.75) is 86.5 Å². The smallest absolute Gasteiger partial charge is 0.158 e.